The van der Waals surface area contributed by atoms with Crippen molar-refractivity contribution in [2.75, 3.05) is 26.7 Å². The van der Waals surface area contributed by atoms with Crippen LogP contribution in [0.3, 0.4) is 0 Å². The van der Waals surface area contributed by atoms with Crippen molar-refractivity contribution < 1.29 is 14.3 Å². The molecule has 5 heteroatoms. The van der Waals surface area contributed by atoms with Gasteiger partial charge in [-0.05, 0) is 37.5 Å². The first-order chi connectivity index (χ1) is 10.1. The maximum atomic E-state index is 12.1. The number of carbonyl (C=O) groups excluding carboxylic acids is 2. The SMILES string of the molecule is CNC(=O)C1CCN(C(=O)COc2cccc(C)c2)CC1. The molecule has 5 nitrogen and oxygen atoms in total. The van der Waals surface area contributed by atoms with E-state index in [9.17, 15) is 9.59 Å². The Kier molecular flexibility index (Phi) is 5.20. The summed E-state index contributed by atoms with van der Waals surface area (Å²) in [7, 11) is 1.65. The fourth-order valence-corrected chi connectivity index (χ4v) is 2.54. The lowest BCUT2D eigenvalue weighted by Crippen LogP contribution is -2.44. The van der Waals surface area contributed by atoms with E-state index in [1.165, 1.54) is 0 Å². The molecule has 1 saturated heterocycles. The van der Waals surface area contributed by atoms with E-state index in [0.717, 1.165) is 18.4 Å². The molecule has 1 aromatic rings. The van der Waals surface area contributed by atoms with Crippen molar-refractivity contribution in [2.45, 2.75) is 19.8 Å². The maximum absolute atomic E-state index is 12.1. The number of hydrogen-bond acceptors (Lipinski definition) is 3. The standard InChI is InChI=1S/C16H22N2O3/c1-12-4-3-5-14(10-12)21-11-15(19)18-8-6-13(7-9-18)16(20)17-2/h3-5,10,13H,6-9,11H2,1-2H3,(H,17,20). The fourth-order valence-electron chi connectivity index (χ4n) is 2.54. The van der Waals surface area contributed by atoms with Crippen LogP contribution in [0, 0.1) is 12.8 Å². The Morgan fingerprint density at radius 3 is 2.67 bits per heavy atom. The highest BCUT2D eigenvalue weighted by Crippen LogP contribution is 2.18. The number of carbonyl (C=O) groups is 2. The Morgan fingerprint density at radius 2 is 2.05 bits per heavy atom. The van der Waals surface area contributed by atoms with Crippen LogP contribution in [-0.4, -0.2) is 43.5 Å². The van der Waals surface area contributed by atoms with E-state index in [4.69, 9.17) is 4.74 Å². The predicted molar refractivity (Wildman–Crippen MR) is 80.0 cm³/mol. The zero-order valence-corrected chi connectivity index (χ0v) is 12.6. The average molecular weight is 290 g/mol. The third-order valence-corrected chi connectivity index (χ3v) is 3.82. The second-order valence-corrected chi connectivity index (χ2v) is 5.37. The van der Waals surface area contributed by atoms with Crippen LogP contribution in [0.4, 0.5) is 0 Å². The molecule has 1 aliphatic rings. The molecule has 2 rings (SSSR count). The van der Waals surface area contributed by atoms with Gasteiger partial charge in [0.25, 0.3) is 5.91 Å². The predicted octanol–water partition coefficient (Wildman–Crippen LogP) is 1.36. The minimum Gasteiger partial charge on any atom is -0.484 e. The van der Waals surface area contributed by atoms with E-state index in [1.54, 1.807) is 11.9 Å². The van der Waals surface area contributed by atoms with Crippen LogP contribution in [0.15, 0.2) is 24.3 Å². The lowest BCUT2D eigenvalue weighted by molar-refractivity contribution is -0.137. The third-order valence-electron chi connectivity index (χ3n) is 3.82. The van der Waals surface area contributed by atoms with E-state index in [0.29, 0.717) is 18.8 Å². The van der Waals surface area contributed by atoms with Gasteiger partial charge in [-0.2, -0.15) is 0 Å². The Morgan fingerprint density at radius 1 is 1.33 bits per heavy atom. The van der Waals surface area contributed by atoms with E-state index in [1.807, 2.05) is 31.2 Å². The number of benzene rings is 1. The number of rotatable bonds is 4. The second-order valence-electron chi connectivity index (χ2n) is 5.37. The van der Waals surface area contributed by atoms with Crippen LogP contribution in [0.5, 0.6) is 5.75 Å². The molecule has 0 radical (unpaired) electrons. The molecule has 0 unspecified atom stereocenters. The number of aryl methyl sites for hydroxylation is 1. The molecule has 0 saturated carbocycles. The number of likely N-dealkylation sites (tertiary alicyclic amines) is 1. The Bertz CT molecular complexity index is 508. The van der Waals surface area contributed by atoms with Gasteiger partial charge in [0.1, 0.15) is 5.75 Å². The van der Waals surface area contributed by atoms with Gasteiger partial charge in [0.15, 0.2) is 6.61 Å². The highest BCUT2D eigenvalue weighted by Gasteiger charge is 2.26. The highest BCUT2D eigenvalue weighted by atomic mass is 16.5. The van der Waals surface area contributed by atoms with Gasteiger partial charge in [-0.1, -0.05) is 12.1 Å². The normalized spacial score (nSPS) is 15.6. The van der Waals surface area contributed by atoms with Crippen molar-refractivity contribution in [1.29, 1.82) is 0 Å². The lowest BCUT2D eigenvalue weighted by atomic mass is 9.96. The van der Waals surface area contributed by atoms with Crippen LogP contribution in [-0.2, 0) is 9.59 Å². The maximum Gasteiger partial charge on any atom is 0.260 e. The molecule has 0 spiro atoms. The molecule has 21 heavy (non-hydrogen) atoms. The highest BCUT2D eigenvalue weighted by molar-refractivity contribution is 5.80. The monoisotopic (exact) mass is 290 g/mol. The molecule has 2 amide bonds. The number of hydrogen-bond donors (Lipinski definition) is 1. The number of amides is 2. The van der Waals surface area contributed by atoms with E-state index in [2.05, 4.69) is 5.32 Å². The molecule has 1 aromatic carbocycles. The van der Waals surface area contributed by atoms with Gasteiger partial charge in [0.2, 0.25) is 5.91 Å². The van der Waals surface area contributed by atoms with Crippen molar-refractivity contribution >= 4 is 11.8 Å². The summed E-state index contributed by atoms with van der Waals surface area (Å²) in [5.74, 6) is 0.783. The van der Waals surface area contributed by atoms with Crippen molar-refractivity contribution in [1.82, 2.24) is 10.2 Å². The summed E-state index contributed by atoms with van der Waals surface area (Å²) < 4.78 is 5.53. The van der Waals surface area contributed by atoms with Gasteiger partial charge in [0.05, 0.1) is 0 Å². The lowest BCUT2D eigenvalue weighted by Gasteiger charge is -2.31. The first-order valence-electron chi connectivity index (χ1n) is 7.29. The van der Waals surface area contributed by atoms with Crippen LogP contribution >= 0.6 is 0 Å². The Balaban J connectivity index is 1.78. The molecule has 1 aliphatic heterocycles. The second kappa shape index (κ2) is 7.11. The van der Waals surface area contributed by atoms with Gasteiger partial charge in [-0.15, -0.1) is 0 Å². The van der Waals surface area contributed by atoms with Crippen LogP contribution in [0.1, 0.15) is 18.4 Å². The molecule has 114 valence electrons. The summed E-state index contributed by atoms with van der Waals surface area (Å²) in [5.41, 5.74) is 1.10. The van der Waals surface area contributed by atoms with Crippen LogP contribution in [0.2, 0.25) is 0 Å². The summed E-state index contributed by atoms with van der Waals surface area (Å²) in [4.78, 5) is 25.4. The first-order valence-corrected chi connectivity index (χ1v) is 7.29. The van der Waals surface area contributed by atoms with Crippen molar-refractivity contribution in [3.8, 4) is 5.75 Å². The van der Waals surface area contributed by atoms with Gasteiger partial charge < -0.3 is 15.0 Å². The molecule has 0 atom stereocenters. The molecular weight excluding hydrogens is 268 g/mol. The quantitative estimate of drug-likeness (QED) is 0.911. The minimum atomic E-state index is -0.0214. The zero-order valence-electron chi connectivity index (χ0n) is 12.6. The fraction of sp³-hybridized carbons (Fsp3) is 0.500. The number of nitrogens with one attached hydrogen (secondary N) is 1. The summed E-state index contributed by atoms with van der Waals surface area (Å²) >= 11 is 0. The van der Waals surface area contributed by atoms with Crippen molar-refractivity contribution in [3.63, 3.8) is 0 Å². The van der Waals surface area contributed by atoms with Crippen molar-refractivity contribution in [3.05, 3.63) is 29.8 Å². The van der Waals surface area contributed by atoms with E-state index in [-0.39, 0.29) is 24.3 Å². The largest absolute Gasteiger partial charge is 0.484 e. The van der Waals surface area contributed by atoms with Gasteiger partial charge >= 0.3 is 0 Å². The Hall–Kier alpha value is -2.04. The molecule has 0 bridgehead atoms. The van der Waals surface area contributed by atoms with Gasteiger partial charge in [-0.3, -0.25) is 9.59 Å². The molecule has 1 fully saturated rings. The average Bonchev–Trinajstić information content (AvgIpc) is 2.52. The zero-order chi connectivity index (χ0) is 15.2. The number of ether oxygens (including phenoxy) is 1. The summed E-state index contributed by atoms with van der Waals surface area (Å²) in [5, 5.41) is 2.66. The summed E-state index contributed by atoms with van der Waals surface area (Å²) in [6, 6.07) is 7.64. The van der Waals surface area contributed by atoms with E-state index >= 15 is 0 Å². The summed E-state index contributed by atoms with van der Waals surface area (Å²) in [6.45, 7) is 3.27. The first kappa shape index (κ1) is 15.4. The molecule has 1 heterocycles. The number of piperidine rings is 1. The molecule has 0 aromatic heterocycles. The summed E-state index contributed by atoms with van der Waals surface area (Å²) in [6.07, 6.45) is 1.44. The smallest absolute Gasteiger partial charge is 0.260 e. The number of nitrogens with zero attached hydrogens (tertiary/aromatic N) is 1. The minimum absolute atomic E-state index is 0.0214. The van der Waals surface area contributed by atoms with Crippen molar-refractivity contribution in [2.24, 2.45) is 5.92 Å². The van der Waals surface area contributed by atoms with Crippen LogP contribution in [0.25, 0.3) is 0 Å². The van der Waals surface area contributed by atoms with E-state index < -0.39 is 0 Å². The molecule has 0 aliphatic carbocycles. The molecule has 1 N–H and O–H groups in total. The topological polar surface area (TPSA) is 58.6 Å². The van der Waals surface area contributed by atoms with Crippen LogP contribution < -0.4 is 10.1 Å². The van der Waals surface area contributed by atoms with Gasteiger partial charge in [-0.25, -0.2) is 0 Å². The Labute approximate surface area is 125 Å². The third kappa shape index (κ3) is 4.21. The van der Waals surface area contributed by atoms with Gasteiger partial charge in [0, 0.05) is 26.1 Å². The molecular formula is C16H22N2O3.